The van der Waals surface area contributed by atoms with Gasteiger partial charge in [-0.05, 0) is 30.3 Å². The van der Waals surface area contributed by atoms with E-state index in [0.717, 1.165) is 0 Å². The zero-order valence-electron chi connectivity index (χ0n) is 9.87. The highest BCUT2D eigenvalue weighted by Crippen LogP contribution is 2.31. The molecule has 0 radical (unpaired) electrons. The molecule has 0 bridgehead atoms. The maximum Gasteiger partial charge on any atom is 0.205 e. The number of nitrogens with two attached hydrogens (primary N) is 1. The first kappa shape index (κ1) is 13.5. The molecular formula is C13H7Cl3FN3. The lowest BCUT2D eigenvalue weighted by atomic mass is 10.2. The average molecular weight is 331 g/mol. The Morgan fingerprint density at radius 3 is 2.40 bits per heavy atom. The molecular weight excluding hydrogens is 324 g/mol. The van der Waals surface area contributed by atoms with Crippen LogP contribution in [0.15, 0.2) is 30.3 Å². The molecule has 20 heavy (non-hydrogen) atoms. The van der Waals surface area contributed by atoms with E-state index in [1.54, 1.807) is 22.8 Å². The summed E-state index contributed by atoms with van der Waals surface area (Å²) >= 11 is 17.8. The molecule has 0 aliphatic heterocycles. The van der Waals surface area contributed by atoms with Gasteiger partial charge in [0.1, 0.15) is 5.82 Å². The molecule has 0 saturated carbocycles. The molecule has 7 heteroatoms. The van der Waals surface area contributed by atoms with Crippen LogP contribution in [-0.2, 0) is 0 Å². The van der Waals surface area contributed by atoms with Crippen molar-refractivity contribution < 1.29 is 4.39 Å². The number of anilines is 1. The van der Waals surface area contributed by atoms with Gasteiger partial charge in [0.05, 0.1) is 31.8 Å². The largest absolute Gasteiger partial charge is 0.369 e. The van der Waals surface area contributed by atoms with Crippen LogP contribution >= 0.6 is 34.8 Å². The molecule has 3 aromatic rings. The molecule has 0 amide bonds. The number of hydrogen-bond donors (Lipinski definition) is 1. The molecule has 0 atom stereocenters. The van der Waals surface area contributed by atoms with Crippen molar-refractivity contribution in [2.24, 2.45) is 0 Å². The van der Waals surface area contributed by atoms with Gasteiger partial charge in [0.15, 0.2) is 0 Å². The molecule has 3 nitrogen and oxygen atoms in total. The van der Waals surface area contributed by atoms with E-state index in [2.05, 4.69) is 4.98 Å². The first-order chi connectivity index (χ1) is 9.47. The smallest absolute Gasteiger partial charge is 0.205 e. The number of nitrogens with zero attached hydrogens (tertiary/aromatic N) is 2. The molecule has 1 aromatic heterocycles. The van der Waals surface area contributed by atoms with E-state index in [4.69, 9.17) is 40.5 Å². The second kappa shape index (κ2) is 4.81. The number of imidazole rings is 1. The highest BCUT2D eigenvalue weighted by Gasteiger charge is 2.13. The SMILES string of the molecule is Nc1nc2cc(Cl)c(Cl)cc2n1-c1ccc(F)c(Cl)c1. The summed E-state index contributed by atoms with van der Waals surface area (Å²) in [4.78, 5) is 4.20. The van der Waals surface area contributed by atoms with E-state index in [1.165, 1.54) is 12.1 Å². The maximum atomic E-state index is 13.2. The monoisotopic (exact) mass is 329 g/mol. The third-order valence-electron chi connectivity index (χ3n) is 2.88. The Morgan fingerprint density at radius 1 is 1.00 bits per heavy atom. The second-order valence-corrected chi connectivity index (χ2v) is 5.38. The summed E-state index contributed by atoms with van der Waals surface area (Å²) in [5.41, 5.74) is 7.76. The van der Waals surface area contributed by atoms with Crippen LogP contribution in [0, 0.1) is 5.82 Å². The van der Waals surface area contributed by atoms with Gasteiger partial charge in [-0.1, -0.05) is 34.8 Å². The summed E-state index contributed by atoms with van der Waals surface area (Å²) < 4.78 is 14.9. The minimum atomic E-state index is -0.500. The van der Waals surface area contributed by atoms with Gasteiger partial charge >= 0.3 is 0 Å². The minimum absolute atomic E-state index is 0.00353. The molecule has 2 N–H and O–H groups in total. The van der Waals surface area contributed by atoms with E-state index in [9.17, 15) is 4.39 Å². The lowest BCUT2D eigenvalue weighted by Crippen LogP contribution is -2.00. The standard InChI is InChI=1S/C13H7Cl3FN3/c14-7-4-11-12(5-8(7)15)20(13(18)19-11)6-1-2-10(17)9(16)3-6/h1-5H,(H2,18,19). The van der Waals surface area contributed by atoms with Crippen LogP contribution in [0.4, 0.5) is 10.3 Å². The molecule has 0 spiro atoms. The zero-order valence-corrected chi connectivity index (χ0v) is 12.1. The fourth-order valence-electron chi connectivity index (χ4n) is 1.99. The predicted octanol–water partition coefficient (Wildman–Crippen LogP) is 4.71. The topological polar surface area (TPSA) is 43.8 Å². The van der Waals surface area contributed by atoms with Crippen molar-refractivity contribution in [2.45, 2.75) is 0 Å². The highest BCUT2D eigenvalue weighted by molar-refractivity contribution is 6.42. The van der Waals surface area contributed by atoms with Crippen LogP contribution in [0.25, 0.3) is 16.7 Å². The summed E-state index contributed by atoms with van der Waals surface area (Å²) in [6.07, 6.45) is 0. The second-order valence-electron chi connectivity index (χ2n) is 4.16. The summed E-state index contributed by atoms with van der Waals surface area (Å²) in [6, 6.07) is 7.57. The van der Waals surface area contributed by atoms with Crippen molar-refractivity contribution in [2.75, 3.05) is 5.73 Å². The quantitative estimate of drug-likeness (QED) is 0.702. The summed E-state index contributed by atoms with van der Waals surface area (Å²) in [5.74, 6) is -0.263. The van der Waals surface area contributed by atoms with E-state index >= 15 is 0 Å². The minimum Gasteiger partial charge on any atom is -0.369 e. The van der Waals surface area contributed by atoms with Crippen LogP contribution in [0.3, 0.4) is 0 Å². The van der Waals surface area contributed by atoms with E-state index < -0.39 is 5.82 Å². The van der Waals surface area contributed by atoms with E-state index in [0.29, 0.717) is 26.8 Å². The van der Waals surface area contributed by atoms with Gasteiger partial charge in [-0.3, -0.25) is 4.57 Å². The first-order valence-corrected chi connectivity index (χ1v) is 6.69. The Hall–Kier alpha value is -1.49. The van der Waals surface area contributed by atoms with Crippen molar-refractivity contribution in [3.63, 3.8) is 0 Å². The third kappa shape index (κ3) is 2.10. The van der Waals surface area contributed by atoms with Crippen molar-refractivity contribution in [1.29, 1.82) is 0 Å². The summed E-state index contributed by atoms with van der Waals surface area (Å²) in [5, 5.41) is 0.776. The molecule has 102 valence electrons. The first-order valence-electron chi connectivity index (χ1n) is 5.56. The fraction of sp³-hybridized carbons (Fsp3) is 0. The Bertz CT molecular complexity index is 829. The third-order valence-corrected chi connectivity index (χ3v) is 3.90. The van der Waals surface area contributed by atoms with Crippen molar-refractivity contribution >= 4 is 51.8 Å². The van der Waals surface area contributed by atoms with Crippen molar-refractivity contribution in [3.05, 3.63) is 51.2 Å². The average Bonchev–Trinajstić information content (AvgIpc) is 2.69. The molecule has 0 aliphatic rings. The molecule has 0 saturated heterocycles. The lowest BCUT2D eigenvalue weighted by Gasteiger charge is -2.07. The van der Waals surface area contributed by atoms with Crippen LogP contribution in [0.5, 0.6) is 0 Å². The number of benzene rings is 2. The van der Waals surface area contributed by atoms with Crippen LogP contribution in [0.1, 0.15) is 0 Å². The number of rotatable bonds is 1. The fourth-order valence-corrected chi connectivity index (χ4v) is 2.48. The molecule has 3 rings (SSSR count). The number of fused-ring (bicyclic) bond motifs is 1. The predicted molar refractivity (Wildman–Crippen MR) is 80.5 cm³/mol. The van der Waals surface area contributed by atoms with Gasteiger partial charge in [0.25, 0.3) is 0 Å². The van der Waals surface area contributed by atoms with Gasteiger partial charge < -0.3 is 5.73 Å². The molecule has 0 aliphatic carbocycles. The summed E-state index contributed by atoms with van der Waals surface area (Å²) in [7, 11) is 0. The van der Waals surface area contributed by atoms with Crippen molar-refractivity contribution in [1.82, 2.24) is 9.55 Å². The Kier molecular flexibility index (Phi) is 3.24. The van der Waals surface area contributed by atoms with Gasteiger partial charge in [-0.2, -0.15) is 0 Å². The number of nitrogen functional groups attached to an aromatic ring is 1. The highest BCUT2D eigenvalue weighted by atomic mass is 35.5. The number of halogens is 4. The molecule has 1 heterocycles. The Morgan fingerprint density at radius 2 is 1.70 bits per heavy atom. The number of hydrogen-bond acceptors (Lipinski definition) is 2. The Balaban J connectivity index is 2.32. The van der Waals surface area contributed by atoms with Crippen molar-refractivity contribution in [3.8, 4) is 5.69 Å². The van der Waals surface area contributed by atoms with Crippen LogP contribution in [-0.4, -0.2) is 9.55 Å². The molecule has 2 aromatic carbocycles. The van der Waals surface area contributed by atoms with Gasteiger partial charge in [-0.15, -0.1) is 0 Å². The van der Waals surface area contributed by atoms with Gasteiger partial charge in [0.2, 0.25) is 5.95 Å². The van der Waals surface area contributed by atoms with Gasteiger partial charge in [-0.25, -0.2) is 9.37 Å². The van der Waals surface area contributed by atoms with Crippen LogP contribution in [0.2, 0.25) is 15.1 Å². The van der Waals surface area contributed by atoms with E-state index in [1.807, 2.05) is 0 Å². The normalized spacial score (nSPS) is 11.2. The van der Waals surface area contributed by atoms with Crippen LogP contribution < -0.4 is 5.73 Å². The molecule has 0 unspecified atom stereocenters. The van der Waals surface area contributed by atoms with Gasteiger partial charge in [0, 0.05) is 0 Å². The maximum absolute atomic E-state index is 13.2. The molecule has 0 fully saturated rings. The number of aromatic nitrogens is 2. The summed E-state index contributed by atoms with van der Waals surface area (Å²) in [6.45, 7) is 0. The van der Waals surface area contributed by atoms with E-state index in [-0.39, 0.29) is 11.0 Å². The lowest BCUT2D eigenvalue weighted by molar-refractivity contribution is 0.628. The zero-order chi connectivity index (χ0) is 14.4. The Labute approximate surface area is 128 Å².